The van der Waals surface area contributed by atoms with Gasteiger partial charge in [-0.15, -0.1) is 0 Å². The average Bonchev–Trinajstić information content (AvgIpc) is 2.90. The molecule has 4 rings (SSSR count). The summed E-state index contributed by atoms with van der Waals surface area (Å²) in [5.41, 5.74) is 3.55. The number of rotatable bonds is 10. The van der Waals surface area contributed by atoms with Crippen molar-refractivity contribution in [1.82, 2.24) is 5.32 Å². The number of amides is 1. The van der Waals surface area contributed by atoms with Crippen LogP contribution in [0.15, 0.2) is 109 Å². The van der Waals surface area contributed by atoms with E-state index < -0.39 is 0 Å². The van der Waals surface area contributed by atoms with Crippen LogP contribution < -0.4 is 20.1 Å². The molecule has 5 nitrogen and oxygen atoms in total. The van der Waals surface area contributed by atoms with Gasteiger partial charge in [0.2, 0.25) is 0 Å². The summed E-state index contributed by atoms with van der Waals surface area (Å²) in [4.78, 5) is 12.9. The van der Waals surface area contributed by atoms with E-state index in [4.69, 9.17) is 21.7 Å². The maximum Gasteiger partial charge on any atom is 0.261 e. The van der Waals surface area contributed by atoms with Gasteiger partial charge in [-0.1, -0.05) is 78.9 Å². The molecule has 2 N–H and O–H groups in total. The van der Waals surface area contributed by atoms with Gasteiger partial charge in [-0.3, -0.25) is 10.1 Å². The Morgan fingerprint density at radius 1 is 0.694 bits per heavy atom. The number of para-hydroxylation sites is 1. The fourth-order valence-electron chi connectivity index (χ4n) is 3.63. The van der Waals surface area contributed by atoms with Crippen molar-refractivity contribution in [3.8, 4) is 11.5 Å². The van der Waals surface area contributed by atoms with Crippen molar-refractivity contribution in [1.29, 1.82) is 0 Å². The minimum absolute atomic E-state index is 0.195. The summed E-state index contributed by atoms with van der Waals surface area (Å²) in [6, 6.07) is 34.9. The van der Waals surface area contributed by atoms with Crippen molar-refractivity contribution >= 4 is 28.9 Å². The second-order valence-corrected chi connectivity index (χ2v) is 8.51. The SMILES string of the molecule is O=C(NC(=S)Nc1cccc(OCCc2ccccc2)c1)c1ccccc1OCCc1ccccc1. The number of hydrogen-bond acceptors (Lipinski definition) is 4. The fraction of sp³-hybridized carbons (Fsp3) is 0.133. The van der Waals surface area contributed by atoms with Gasteiger partial charge in [0.05, 0.1) is 18.8 Å². The van der Waals surface area contributed by atoms with Gasteiger partial charge in [0.1, 0.15) is 11.5 Å². The van der Waals surface area contributed by atoms with E-state index in [0.29, 0.717) is 24.5 Å². The third-order valence-corrected chi connectivity index (χ3v) is 5.65. The zero-order valence-electron chi connectivity index (χ0n) is 19.9. The van der Waals surface area contributed by atoms with E-state index in [2.05, 4.69) is 34.9 Å². The summed E-state index contributed by atoms with van der Waals surface area (Å²) in [5, 5.41) is 5.99. The molecule has 0 bridgehead atoms. The van der Waals surface area contributed by atoms with Crippen molar-refractivity contribution in [3.05, 3.63) is 126 Å². The van der Waals surface area contributed by atoms with Gasteiger partial charge >= 0.3 is 0 Å². The lowest BCUT2D eigenvalue weighted by molar-refractivity contribution is 0.0974. The lowest BCUT2D eigenvalue weighted by Crippen LogP contribution is -2.34. The highest BCUT2D eigenvalue weighted by Crippen LogP contribution is 2.20. The molecule has 1 amide bonds. The Bertz CT molecular complexity index is 1280. The third kappa shape index (κ3) is 7.68. The second kappa shape index (κ2) is 13.1. The summed E-state index contributed by atoms with van der Waals surface area (Å²) in [6.45, 7) is 1.03. The van der Waals surface area contributed by atoms with Crippen LogP contribution >= 0.6 is 12.2 Å². The van der Waals surface area contributed by atoms with Crippen molar-refractivity contribution in [2.45, 2.75) is 12.8 Å². The van der Waals surface area contributed by atoms with E-state index >= 15 is 0 Å². The van der Waals surface area contributed by atoms with Crippen molar-refractivity contribution in [3.63, 3.8) is 0 Å². The molecule has 0 unspecified atom stereocenters. The van der Waals surface area contributed by atoms with Gasteiger partial charge < -0.3 is 14.8 Å². The largest absolute Gasteiger partial charge is 0.493 e. The molecule has 182 valence electrons. The van der Waals surface area contributed by atoms with Crippen LogP contribution in [0.4, 0.5) is 5.69 Å². The monoisotopic (exact) mass is 496 g/mol. The van der Waals surface area contributed by atoms with Crippen LogP contribution in [0.1, 0.15) is 21.5 Å². The topological polar surface area (TPSA) is 59.6 Å². The zero-order valence-corrected chi connectivity index (χ0v) is 20.7. The summed E-state index contributed by atoms with van der Waals surface area (Å²) in [6.07, 6.45) is 1.57. The van der Waals surface area contributed by atoms with E-state index in [1.807, 2.05) is 66.7 Å². The number of thiocarbonyl (C=S) groups is 1. The molecule has 0 spiro atoms. The van der Waals surface area contributed by atoms with E-state index in [-0.39, 0.29) is 11.0 Å². The molecule has 4 aromatic rings. The van der Waals surface area contributed by atoms with Crippen LogP contribution in [0.5, 0.6) is 11.5 Å². The molecule has 0 aromatic heterocycles. The highest BCUT2D eigenvalue weighted by Gasteiger charge is 2.14. The van der Waals surface area contributed by atoms with E-state index in [1.54, 1.807) is 18.2 Å². The van der Waals surface area contributed by atoms with E-state index in [9.17, 15) is 4.79 Å². The molecular weight excluding hydrogens is 468 g/mol. The number of benzene rings is 4. The Balaban J connectivity index is 1.28. The van der Waals surface area contributed by atoms with Crippen molar-refractivity contribution in [2.24, 2.45) is 0 Å². The fourth-order valence-corrected chi connectivity index (χ4v) is 3.84. The van der Waals surface area contributed by atoms with Gasteiger partial charge in [-0.25, -0.2) is 0 Å². The lowest BCUT2D eigenvalue weighted by Gasteiger charge is -2.14. The number of anilines is 1. The van der Waals surface area contributed by atoms with Gasteiger partial charge in [-0.05, 0) is 47.6 Å². The average molecular weight is 497 g/mol. The number of nitrogens with one attached hydrogen (secondary N) is 2. The number of ether oxygens (including phenoxy) is 2. The molecule has 0 radical (unpaired) electrons. The highest BCUT2D eigenvalue weighted by atomic mass is 32.1. The van der Waals surface area contributed by atoms with Gasteiger partial charge in [-0.2, -0.15) is 0 Å². The van der Waals surface area contributed by atoms with Crippen LogP contribution in [-0.2, 0) is 12.8 Å². The molecule has 0 saturated carbocycles. The van der Waals surface area contributed by atoms with Crippen LogP contribution in [0, 0.1) is 0 Å². The maximum absolute atomic E-state index is 12.9. The van der Waals surface area contributed by atoms with Gasteiger partial charge in [0, 0.05) is 24.6 Å². The van der Waals surface area contributed by atoms with E-state index in [1.165, 1.54) is 11.1 Å². The normalized spacial score (nSPS) is 10.3. The molecule has 4 aromatic carbocycles. The molecule has 0 fully saturated rings. The van der Waals surface area contributed by atoms with Crippen molar-refractivity contribution < 1.29 is 14.3 Å². The maximum atomic E-state index is 12.9. The molecule has 0 aliphatic rings. The second-order valence-electron chi connectivity index (χ2n) is 8.10. The minimum Gasteiger partial charge on any atom is -0.493 e. The van der Waals surface area contributed by atoms with Gasteiger partial charge in [0.15, 0.2) is 5.11 Å². The molecule has 0 aliphatic heterocycles. The molecule has 36 heavy (non-hydrogen) atoms. The number of hydrogen-bond donors (Lipinski definition) is 2. The third-order valence-electron chi connectivity index (χ3n) is 5.44. The van der Waals surface area contributed by atoms with E-state index in [0.717, 1.165) is 24.3 Å². The van der Waals surface area contributed by atoms with Crippen molar-refractivity contribution in [2.75, 3.05) is 18.5 Å². The Morgan fingerprint density at radius 3 is 2.00 bits per heavy atom. The number of carbonyl (C=O) groups is 1. The summed E-state index contributed by atoms with van der Waals surface area (Å²) >= 11 is 5.38. The van der Waals surface area contributed by atoms with Crippen LogP contribution in [0.2, 0.25) is 0 Å². The summed E-state index contributed by atoms with van der Waals surface area (Å²) < 4.78 is 11.8. The Kier molecular flexibility index (Phi) is 9.06. The molecular formula is C30H28N2O3S. The first-order valence-electron chi connectivity index (χ1n) is 11.8. The van der Waals surface area contributed by atoms with Gasteiger partial charge in [0.25, 0.3) is 5.91 Å². The summed E-state index contributed by atoms with van der Waals surface area (Å²) in [7, 11) is 0. The molecule has 0 aliphatic carbocycles. The molecule has 6 heteroatoms. The molecule has 0 heterocycles. The smallest absolute Gasteiger partial charge is 0.261 e. The first kappa shape index (κ1) is 24.9. The Labute approximate surface area is 217 Å². The Hall–Kier alpha value is -4.16. The predicted octanol–water partition coefficient (Wildman–Crippen LogP) is 6.06. The van der Waals surface area contributed by atoms with Crippen LogP contribution in [-0.4, -0.2) is 24.2 Å². The molecule has 0 atom stereocenters. The zero-order chi connectivity index (χ0) is 25.0. The first-order chi connectivity index (χ1) is 17.7. The standard InChI is InChI=1S/C30H28N2O3S/c33-29(27-16-7-8-17-28(27)35-21-19-24-12-5-2-6-13-24)32-30(36)31-25-14-9-15-26(22-25)34-20-18-23-10-3-1-4-11-23/h1-17,22H,18-21H2,(H2,31,32,33,36). The molecule has 0 saturated heterocycles. The van der Waals surface area contributed by atoms with Crippen LogP contribution in [0.25, 0.3) is 0 Å². The summed E-state index contributed by atoms with van der Waals surface area (Å²) in [5.74, 6) is 0.905. The first-order valence-corrected chi connectivity index (χ1v) is 12.2. The Morgan fingerprint density at radius 2 is 1.31 bits per heavy atom. The minimum atomic E-state index is -0.335. The quantitative estimate of drug-likeness (QED) is 0.262. The number of carbonyl (C=O) groups excluding carboxylic acids is 1. The predicted molar refractivity (Wildman–Crippen MR) is 148 cm³/mol. The van der Waals surface area contributed by atoms with Crippen LogP contribution in [0.3, 0.4) is 0 Å². The lowest BCUT2D eigenvalue weighted by atomic mass is 10.1. The highest BCUT2D eigenvalue weighted by molar-refractivity contribution is 7.80.